The molecule has 1 aliphatic rings. The summed E-state index contributed by atoms with van der Waals surface area (Å²) in [6.07, 6.45) is 1.72. The number of nitrogens with one attached hydrogen (secondary N) is 1. The molecule has 0 bridgehead atoms. The lowest BCUT2D eigenvalue weighted by Gasteiger charge is -2.24. The molecule has 0 spiro atoms. The third kappa shape index (κ3) is 5.00. The van der Waals surface area contributed by atoms with Crippen molar-refractivity contribution >= 4 is 21.6 Å². The maximum absolute atomic E-state index is 12.1. The monoisotopic (exact) mass is 358 g/mol. The first-order valence-electron chi connectivity index (χ1n) is 7.55. The number of anilines is 1. The van der Waals surface area contributed by atoms with E-state index >= 15 is 0 Å². The third-order valence-electron chi connectivity index (χ3n) is 3.35. The molecule has 0 saturated carbocycles. The lowest BCUT2D eigenvalue weighted by Crippen LogP contribution is -2.40. The van der Waals surface area contributed by atoms with E-state index in [0.717, 1.165) is 10.6 Å². The zero-order chi connectivity index (χ0) is 17.6. The molecule has 1 N–H and O–H groups in total. The van der Waals surface area contributed by atoms with E-state index in [-0.39, 0.29) is 12.5 Å². The minimum absolute atomic E-state index is 0.300. The van der Waals surface area contributed by atoms with Crippen LogP contribution >= 0.6 is 0 Å². The number of benzene rings is 1. The molecule has 0 atom stereocenters. The molecule has 0 unspecified atom stereocenters. The Hall–Kier alpha value is -2.00. The van der Waals surface area contributed by atoms with Gasteiger partial charge < -0.3 is 19.5 Å². The number of amides is 1. The molecule has 134 valence electrons. The fraction of sp³-hybridized carbons (Fsp3) is 0.533. The molecule has 1 aromatic rings. The van der Waals surface area contributed by atoms with Crippen LogP contribution in [0.4, 0.5) is 5.69 Å². The Bertz CT molecular complexity index is 677. The number of sulfonamides is 1. The number of hydrogen-bond acceptors (Lipinski definition) is 6. The molecule has 0 fully saturated rings. The van der Waals surface area contributed by atoms with Crippen molar-refractivity contribution in [2.75, 3.05) is 50.6 Å². The highest BCUT2D eigenvalue weighted by atomic mass is 32.2. The second kappa shape index (κ2) is 8.20. The first kappa shape index (κ1) is 18.3. The van der Waals surface area contributed by atoms with E-state index in [0.29, 0.717) is 50.0 Å². The SMILES string of the molecule is COCCCNC(=O)CN(c1ccc2c(c1)OCCO2)S(C)(=O)=O. The summed E-state index contributed by atoms with van der Waals surface area (Å²) in [6.45, 7) is 1.50. The van der Waals surface area contributed by atoms with E-state index in [1.165, 1.54) is 0 Å². The summed E-state index contributed by atoms with van der Waals surface area (Å²) in [5.74, 6) is 0.641. The first-order valence-corrected chi connectivity index (χ1v) is 9.39. The summed E-state index contributed by atoms with van der Waals surface area (Å²) >= 11 is 0. The van der Waals surface area contributed by atoms with Crippen LogP contribution in [0.3, 0.4) is 0 Å². The fourth-order valence-electron chi connectivity index (χ4n) is 2.22. The number of ether oxygens (including phenoxy) is 3. The highest BCUT2D eigenvalue weighted by Crippen LogP contribution is 2.34. The molecule has 1 amide bonds. The van der Waals surface area contributed by atoms with Gasteiger partial charge in [0.1, 0.15) is 19.8 Å². The van der Waals surface area contributed by atoms with E-state index in [4.69, 9.17) is 14.2 Å². The van der Waals surface area contributed by atoms with Crippen molar-refractivity contribution in [2.45, 2.75) is 6.42 Å². The van der Waals surface area contributed by atoms with Crippen molar-refractivity contribution in [3.05, 3.63) is 18.2 Å². The van der Waals surface area contributed by atoms with Gasteiger partial charge in [0, 0.05) is 26.3 Å². The van der Waals surface area contributed by atoms with Crippen molar-refractivity contribution < 1.29 is 27.4 Å². The Labute approximate surface area is 141 Å². The molecule has 8 nitrogen and oxygen atoms in total. The predicted molar refractivity (Wildman–Crippen MR) is 89.1 cm³/mol. The molecular formula is C15H22N2O6S. The maximum Gasteiger partial charge on any atom is 0.240 e. The van der Waals surface area contributed by atoms with Gasteiger partial charge in [-0.05, 0) is 18.6 Å². The van der Waals surface area contributed by atoms with Crippen LogP contribution in [0.15, 0.2) is 18.2 Å². The van der Waals surface area contributed by atoms with Gasteiger partial charge in [-0.2, -0.15) is 0 Å². The summed E-state index contributed by atoms with van der Waals surface area (Å²) in [5, 5.41) is 2.67. The number of rotatable bonds is 8. The lowest BCUT2D eigenvalue weighted by atomic mass is 10.2. The van der Waals surface area contributed by atoms with Gasteiger partial charge in [0.15, 0.2) is 11.5 Å². The van der Waals surface area contributed by atoms with E-state index in [2.05, 4.69) is 5.32 Å². The van der Waals surface area contributed by atoms with Crippen molar-refractivity contribution in [1.29, 1.82) is 0 Å². The summed E-state index contributed by atoms with van der Waals surface area (Å²) in [4.78, 5) is 12.0. The Kier molecular flexibility index (Phi) is 6.27. The Morgan fingerprint density at radius 1 is 1.29 bits per heavy atom. The van der Waals surface area contributed by atoms with Crippen LogP contribution in [0.1, 0.15) is 6.42 Å². The van der Waals surface area contributed by atoms with Crippen molar-refractivity contribution in [2.24, 2.45) is 0 Å². The topological polar surface area (TPSA) is 94.2 Å². The zero-order valence-corrected chi connectivity index (χ0v) is 14.6. The molecule has 0 aliphatic carbocycles. The maximum atomic E-state index is 12.1. The summed E-state index contributed by atoms with van der Waals surface area (Å²) in [7, 11) is -2.04. The number of methoxy groups -OCH3 is 1. The predicted octanol–water partition coefficient (Wildman–Crippen LogP) is 0.376. The molecule has 0 aromatic heterocycles. The normalized spacial score (nSPS) is 13.4. The summed E-state index contributed by atoms with van der Waals surface area (Å²) in [5.41, 5.74) is 0.355. The number of carbonyl (C=O) groups is 1. The summed E-state index contributed by atoms with van der Waals surface area (Å²) < 4.78 is 40.9. The summed E-state index contributed by atoms with van der Waals surface area (Å²) in [6, 6.07) is 4.79. The molecule has 1 aromatic carbocycles. The number of hydrogen-bond donors (Lipinski definition) is 1. The quantitative estimate of drug-likeness (QED) is 0.675. The lowest BCUT2D eigenvalue weighted by molar-refractivity contribution is -0.119. The molecule has 24 heavy (non-hydrogen) atoms. The van der Waals surface area contributed by atoms with E-state index in [1.54, 1.807) is 25.3 Å². The van der Waals surface area contributed by atoms with Gasteiger partial charge in [0.25, 0.3) is 0 Å². The molecule has 0 saturated heterocycles. The Morgan fingerprint density at radius 3 is 2.67 bits per heavy atom. The highest BCUT2D eigenvalue weighted by molar-refractivity contribution is 7.92. The van der Waals surface area contributed by atoms with Gasteiger partial charge in [-0.3, -0.25) is 9.10 Å². The first-order chi connectivity index (χ1) is 11.4. The van der Waals surface area contributed by atoms with E-state index in [9.17, 15) is 13.2 Å². The number of nitrogens with zero attached hydrogens (tertiary/aromatic N) is 1. The molecule has 1 heterocycles. The number of fused-ring (bicyclic) bond motifs is 1. The average Bonchev–Trinajstić information content (AvgIpc) is 2.55. The average molecular weight is 358 g/mol. The van der Waals surface area contributed by atoms with Gasteiger partial charge in [-0.15, -0.1) is 0 Å². The zero-order valence-electron chi connectivity index (χ0n) is 13.8. The van der Waals surface area contributed by atoms with Crippen LogP contribution in [-0.4, -0.2) is 60.6 Å². The fourth-order valence-corrected chi connectivity index (χ4v) is 3.07. The van der Waals surface area contributed by atoms with Crippen LogP contribution in [-0.2, 0) is 19.6 Å². The van der Waals surface area contributed by atoms with Crippen LogP contribution < -0.4 is 19.1 Å². The Balaban J connectivity index is 2.10. The van der Waals surface area contributed by atoms with E-state index in [1.807, 2.05) is 0 Å². The van der Waals surface area contributed by atoms with Gasteiger partial charge in [0.05, 0.1) is 11.9 Å². The van der Waals surface area contributed by atoms with Crippen molar-refractivity contribution in [3.8, 4) is 11.5 Å². The van der Waals surface area contributed by atoms with E-state index < -0.39 is 10.0 Å². The Morgan fingerprint density at radius 2 is 2.00 bits per heavy atom. The van der Waals surface area contributed by atoms with Crippen LogP contribution in [0, 0.1) is 0 Å². The smallest absolute Gasteiger partial charge is 0.240 e. The molecule has 0 radical (unpaired) electrons. The molecular weight excluding hydrogens is 336 g/mol. The molecule has 1 aliphatic heterocycles. The second-order valence-corrected chi connectivity index (χ2v) is 7.20. The van der Waals surface area contributed by atoms with Crippen molar-refractivity contribution in [3.63, 3.8) is 0 Å². The van der Waals surface area contributed by atoms with Crippen LogP contribution in [0.25, 0.3) is 0 Å². The van der Waals surface area contributed by atoms with Gasteiger partial charge in [-0.25, -0.2) is 8.42 Å². The largest absolute Gasteiger partial charge is 0.486 e. The number of carbonyl (C=O) groups excluding carboxylic acids is 1. The van der Waals surface area contributed by atoms with Gasteiger partial charge in [-0.1, -0.05) is 0 Å². The van der Waals surface area contributed by atoms with Crippen LogP contribution in [0.2, 0.25) is 0 Å². The minimum atomic E-state index is -3.62. The minimum Gasteiger partial charge on any atom is -0.486 e. The van der Waals surface area contributed by atoms with Gasteiger partial charge >= 0.3 is 0 Å². The van der Waals surface area contributed by atoms with Crippen LogP contribution in [0.5, 0.6) is 11.5 Å². The standard InChI is InChI=1S/C15H22N2O6S/c1-21-7-3-6-16-15(18)11-17(24(2,19)20)12-4-5-13-14(10-12)23-9-8-22-13/h4-5,10H,3,6-9,11H2,1-2H3,(H,16,18). The van der Waals surface area contributed by atoms with Gasteiger partial charge in [0.2, 0.25) is 15.9 Å². The third-order valence-corrected chi connectivity index (χ3v) is 4.49. The molecule has 2 rings (SSSR count). The second-order valence-electron chi connectivity index (χ2n) is 5.29. The van der Waals surface area contributed by atoms with Crippen molar-refractivity contribution in [1.82, 2.24) is 5.32 Å². The molecule has 9 heteroatoms. The highest BCUT2D eigenvalue weighted by Gasteiger charge is 2.23.